The van der Waals surface area contributed by atoms with Gasteiger partial charge in [-0.15, -0.1) is 0 Å². The van der Waals surface area contributed by atoms with Gasteiger partial charge in [0.1, 0.15) is 17.4 Å². The van der Waals surface area contributed by atoms with Crippen LogP contribution in [0.5, 0.6) is 23.0 Å². The standard InChI is InChI=1S/C28H28F2N2O6/c1-35-19-8-5-16(6-9-19)26-20(28(34)31-22-11-7-17(29)13-21(22)30)10-12-25(33)32(26)18-14-23(36-2)27(38-4)24(15-18)37-3/h5-9,11,13-15,20,26H,10,12H2,1-4H3,(H,31,34). The van der Waals surface area contributed by atoms with E-state index in [1.165, 1.54) is 33.3 Å². The van der Waals surface area contributed by atoms with Gasteiger partial charge < -0.3 is 29.2 Å². The van der Waals surface area contributed by atoms with E-state index in [0.717, 1.165) is 12.1 Å². The molecule has 1 N–H and O–H groups in total. The molecule has 1 saturated heterocycles. The van der Waals surface area contributed by atoms with Crippen molar-refractivity contribution in [3.63, 3.8) is 0 Å². The number of amides is 2. The number of rotatable bonds is 8. The Morgan fingerprint density at radius 2 is 1.55 bits per heavy atom. The fraction of sp³-hybridized carbons (Fsp3) is 0.286. The summed E-state index contributed by atoms with van der Waals surface area (Å²) in [7, 11) is 5.94. The van der Waals surface area contributed by atoms with Gasteiger partial charge in [0.2, 0.25) is 17.6 Å². The third-order valence-corrected chi connectivity index (χ3v) is 6.51. The predicted molar refractivity (Wildman–Crippen MR) is 137 cm³/mol. The van der Waals surface area contributed by atoms with Crippen LogP contribution in [0.25, 0.3) is 0 Å². The van der Waals surface area contributed by atoms with Gasteiger partial charge in [0.15, 0.2) is 11.5 Å². The summed E-state index contributed by atoms with van der Waals surface area (Å²) in [5, 5.41) is 2.57. The first kappa shape index (κ1) is 26.7. The van der Waals surface area contributed by atoms with E-state index < -0.39 is 29.5 Å². The van der Waals surface area contributed by atoms with E-state index in [1.54, 1.807) is 36.4 Å². The van der Waals surface area contributed by atoms with E-state index in [-0.39, 0.29) is 24.4 Å². The number of benzene rings is 3. The van der Waals surface area contributed by atoms with Gasteiger partial charge in [-0.1, -0.05) is 12.1 Å². The molecule has 1 aliphatic heterocycles. The maximum absolute atomic E-state index is 14.4. The number of piperidine rings is 1. The van der Waals surface area contributed by atoms with E-state index in [4.69, 9.17) is 18.9 Å². The first-order chi connectivity index (χ1) is 18.3. The summed E-state index contributed by atoms with van der Waals surface area (Å²) < 4.78 is 49.4. The van der Waals surface area contributed by atoms with E-state index in [1.807, 2.05) is 0 Å². The molecule has 0 aliphatic carbocycles. The summed E-state index contributed by atoms with van der Waals surface area (Å²) in [6.07, 6.45) is 0.276. The molecule has 1 heterocycles. The van der Waals surface area contributed by atoms with Crippen LogP contribution in [-0.4, -0.2) is 40.3 Å². The van der Waals surface area contributed by atoms with Gasteiger partial charge in [0, 0.05) is 24.6 Å². The Balaban J connectivity index is 1.82. The highest BCUT2D eigenvalue weighted by atomic mass is 19.1. The Morgan fingerprint density at radius 1 is 0.895 bits per heavy atom. The number of halogens is 2. The zero-order valence-electron chi connectivity index (χ0n) is 21.4. The lowest BCUT2D eigenvalue weighted by molar-refractivity contribution is -0.126. The van der Waals surface area contributed by atoms with Crippen molar-refractivity contribution in [1.29, 1.82) is 0 Å². The number of nitrogens with one attached hydrogen (secondary N) is 1. The molecule has 200 valence electrons. The van der Waals surface area contributed by atoms with Crippen LogP contribution >= 0.6 is 0 Å². The van der Waals surface area contributed by atoms with Crippen LogP contribution in [-0.2, 0) is 9.59 Å². The molecule has 0 bridgehead atoms. The minimum Gasteiger partial charge on any atom is -0.497 e. The molecule has 4 rings (SSSR count). The largest absolute Gasteiger partial charge is 0.497 e. The third-order valence-electron chi connectivity index (χ3n) is 6.51. The zero-order chi connectivity index (χ0) is 27.4. The van der Waals surface area contributed by atoms with Crippen LogP contribution in [0.3, 0.4) is 0 Å². The molecule has 0 saturated carbocycles. The van der Waals surface area contributed by atoms with Crippen LogP contribution in [0.2, 0.25) is 0 Å². The average Bonchev–Trinajstić information content (AvgIpc) is 2.93. The normalized spacial score (nSPS) is 17.1. The van der Waals surface area contributed by atoms with E-state index in [2.05, 4.69) is 5.32 Å². The van der Waals surface area contributed by atoms with Crippen molar-refractivity contribution in [1.82, 2.24) is 0 Å². The van der Waals surface area contributed by atoms with Crippen molar-refractivity contribution in [2.75, 3.05) is 38.7 Å². The molecule has 0 spiro atoms. The minimum atomic E-state index is -0.896. The van der Waals surface area contributed by atoms with Crippen molar-refractivity contribution >= 4 is 23.2 Å². The van der Waals surface area contributed by atoms with Crippen LogP contribution in [0.15, 0.2) is 54.6 Å². The topological polar surface area (TPSA) is 86.3 Å². The van der Waals surface area contributed by atoms with Gasteiger partial charge >= 0.3 is 0 Å². The van der Waals surface area contributed by atoms with Crippen LogP contribution in [0.4, 0.5) is 20.2 Å². The smallest absolute Gasteiger partial charge is 0.230 e. The number of hydrogen-bond donors (Lipinski definition) is 1. The lowest BCUT2D eigenvalue weighted by Gasteiger charge is -2.41. The first-order valence-electron chi connectivity index (χ1n) is 11.8. The molecule has 0 radical (unpaired) electrons. The Kier molecular flexibility index (Phi) is 7.99. The molecule has 1 aliphatic rings. The molecular formula is C28H28F2N2O6. The Bertz CT molecular complexity index is 1310. The predicted octanol–water partition coefficient (Wildman–Crippen LogP) is 5.12. The molecule has 0 aromatic heterocycles. The Morgan fingerprint density at radius 3 is 2.11 bits per heavy atom. The summed E-state index contributed by atoms with van der Waals surface area (Å²) in [6, 6.07) is 12.4. The van der Waals surface area contributed by atoms with Gasteiger partial charge in [-0.25, -0.2) is 8.78 Å². The molecule has 8 nitrogen and oxygen atoms in total. The maximum Gasteiger partial charge on any atom is 0.230 e. The van der Waals surface area contributed by atoms with Crippen LogP contribution in [0, 0.1) is 17.6 Å². The summed E-state index contributed by atoms with van der Waals surface area (Å²) in [5.41, 5.74) is 0.934. The summed E-state index contributed by atoms with van der Waals surface area (Å²) in [6.45, 7) is 0. The summed E-state index contributed by atoms with van der Waals surface area (Å²) in [4.78, 5) is 28.5. The molecule has 38 heavy (non-hydrogen) atoms. The Labute approximate surface area is 219 Å². The first-order valence-corrected chi connectivity index (χ1v) is 11.8. The van der Waals surface area contributed by atoms with Gasteiger partial charge in [0.25, 0.3) is 0 Å². The van der Waals surface area contributed by atoms with Gasteiger partial charge in [-0.3, -0.25) is 9.59 Å². The van der Waals surface area contributed by atoms with Gasteiger partial charge in [-0.2, -0.15) is 0 Å². The third kappa shape index (κ3) is 5.20. The SMILES string of the molecule is COc1ccc(C2C(C(=O)Nc3ccc(F)cc3F)CCC(=O)N2c2cc(OC)c(OC)c(OC)c2)cc1. The van der Waals surface area contributed by atoms with Crippen molar-refractivity contribution in [3.05, 3.63) is 71.8 Å². The molecular weight excluding hydrogens is 498 g/mol. The molecule has 1 fully saturated rings. The number of carbonyl (C=O) groups excluding carboxylic acids is 2. The Hall–Kier alpha value is -4.34. The second-order valence-electron chi connectivity index (χ2n) is 8.62. The second kappa shape index (κ2) is 11.4. The number of carbonyl (C=O) groups is 2. The quantitative estimate of drug-likeness (QED) is 0.439. The monoisotopic (exact) mass is 526 g/mol. The number of anilines is 2. The number of hydrogen-bond acceptors (Lipinski definition) is 6. The zero-order valence-corrected chi connectivity index (χ0v) is 21.4. The van der Waals surface area contributed by atoms with Crippen molar-refractivity contribution < 1.29 is 37.3 Å². The highest BCUT2D eigenvalue weighted by Gasteiger charge is 2.42. The number of ether oxygens (including phenoxy) is 4. The van der Waals surface area contributed by atoms with Crippen molar-refractivity contribution in [2.24, 2.45) is 5.92 Å². The molecule has 3 aromatic carbocycles. The fourth-order valence-electron chi connectivity index (χ4n) is 4.68. The minimum absolute atomic E-state index is 0.0628. The molecule has 3 aromatic rings. The van der Waals surface area contributed by atoms with Gasteiger partial charge in [-0.05, 0) is 36.2 Å². The number of methoxy groups -OCH3 is 4. The molecule has 10 heteroatoms. The maximum atomic E-state index is 14.4. The summed E-state index contributed by atoms with van der Waals surface area (Å²) >= 11 is 0. The number of nitrogens with zero attached hydrogens (tertiary/aromatic N) is 1. The van der Waals surface area contributed by atoms with Crippen LogP contribution in [0.1, 0.15) is 24.4 Å². The van der Waals surface area contributed by atoms with Crippen LogP contribution < -0.4 is 29.2 Å². The van der Waals surface area contributed by atoms with E-state index in [0.29, 0.717) is 40.3 Å². The molecule has 2 amide bonds. The average molecular weight is 527 g/mol. The molecule has 2 atom stereocenters. The van der Waals surface area contributed by atoms with Crippen molar-refractivity contribution in [3.8, 4) is 23.0 Å². The summed E-state index contributed by atoms with van der Waals surface area (Å²) in [5.74, 6) is -1.54. The second-order valence-corrected chi connectivity index (χ2v) is 8.62. The lowest BCUT2D eigenvalue weighted by Crippen LogP contribution is -2.47. The fourth-order valence-corrected chi connectivity index (χ4v) is 4.68. The van der Waals surface area contributed by atoms with Gasteiger partial charge in [0.05, 0.1) is 51.8 Å². The van der Waals surface area contributed by atoms with Crippen molar-refractivity contribution in [2.45, 2.75) is 18.9 Å². The molecule has 2 unspecified atom stereocenters. The van der Waals surface area contributed by atoms with E-state index in [9.17, 15) is 18.4 Å². The highest BCUT2D eigenvalue weighted by Crippen LogP contribution is 2.46. The highest BCUT2D eigenvalue weighted by molar-refractivity contribution is 6.00. The van der Waals surface area contributed by atoms with E-state index >= 15 is 0 Å². The lowest BCUT2D eigenvalue weighted by atomic mass is 9.83.